The molecule has 0 saturated carbocycles. The summed E-state index contributed by atoms with van der Waals surface area (Å²) in [4.78, 5) is 12.3. The van der Waals surface area contributed by atoms with Crippen LogP contribution in [-0.2, 0) is 12.7 Å². The molecule has 2 N–H and O–H groups in total. The molecule has 9 heteroatoms. The molecule has 3 aromatic carbocycles. The number of phenols is 1. The van der Waals surface area contributed by atoms with Crippen molar-refractivity contribution < 1.29 is 23.1 Å². The smallest absolute Gasteiger partial charge is 0.416 e. The van der Waals surface area contributed by atoms with Gasteiger partial charge in [-0.3, -0.25) is 4.79 Å². The van der Waals surface area contributed by atoms with Crippen molar-refractivity contribution in [3.05, 3.63) is 101 Å². The molecule has 170 valence electrons. The van der Waals surface area contributed by atoms with Gasteiger partial charge in [-0.1, -0.05) is 24.3 Å². The SMILES string of the molecule is N#Cc1cc(C(=O)N/N=C/c2cccc3c2ccn3Cc2ccc(C(F)(F)F)cc2)ccc1O. The zero-order chi connectivity index (χ0) is 24.3. The van der Waals surface area contributed by atoms with E-state index in [1.54, 1.807) is 6.07 Å². The van der Waals surface area contributed by atoms with Crippen LogP contribution in [0, 0.1) is 11.3 Å². The number of nitrogens with zero attached hydrogens (tertiary/aromatic N) is 3. The van der Waals surface area contributed by atoms with Crippen molar-refractivity contribution in [1.82, 2.24) is 9.99 Å². The zero-order valence-corrected chi connectivity index (χ0v) is 17.5. The monoisotopic (exact) mass is 462 g/mol. The van der Waals surface area contributed by atoms with Crippen LogP contribution in [0.1, 0.15) is 32.6 Å². The van der Waals surface area contributed by atoms with E-state index >= 15 is 0 Å². The Morgan fingerprint density at radius 3 is 2.59 bits per heavy atom. The van der Waals surface area contributed by atoms with Gasteiger partial charge >= 0.3 is 6.18 Å². The number of alkyl halides is 3. The Morgan fingerprint density at radius 1 is 1.12 bits per heavy atom. The third-order valence-electron chi connectivity index (χ3n) is 5.23. The Bertz CT molecular complexity index is 1430. The summed E-state index contributed by atoms with van der Waals surface area (Å²) in [6.07, 6.45) is -1.06. The summed E-state index contributed by atoms with van der Waals surface area (Å²) in [6, 6.07) is 18.1. The van der Waals surface area contributed by atoms with Crippen LogP contribution in [0.4, 0.5) is 13.2 Å². The van der Waals surface area contributed by atoms with Crippen LogP contribution in [0.2, 0.25) is 0 Å². The van der Waals surface area contributed by atoms with Gasteiger partial charge in [-0.2, -0.15) is 23.5 Å². The predicted octanol–water partition coefficient (Wildman–Crippen LogP) is 5.05. The third kappa shape index (κ3) is 4.76. The number of amides is 1. The van der Waals surface area contributed by atoms with Crippen LogP contribution in [0.25, 0.3) is 10.9 Å². The van der Waals surface area contributed by atoms with Crippen molar-refractivity contribution in [3.63, 3.8) is 0 Å². The van der Waals surface area contributed by atoms with Gasteiger partial charge in [0.2, 0.25) is 0 Å². The third-order valence-corrected chi connectivity index (χ3v) is 5.23. The van der Waals surface area contributed by atoms with E-state index in [2.05, 4.69) is 10.5 Å². The largest absolute Gasteiger partial charge is 0.507 e. The van der Waals surface area contributed by atoms with Gasteiger partial charge in [0.15, 0.2) is 0 Å². The Balaban J connectivity index is 1.50. The van der Waals surface area contributed by atoms with Crippen LogP contribution in [0.5, 0.6) is 5.75 Å². The molecule has 0 unspecified atom stereocenters. The zero-order valence-electron chi connectivity index (χ0n) is 17.5. The number of carbonyl (C=O) groups is 1. The van der Waals surface area contributed by atoms with Crippen molar-refractivity contribution in [3.8, 4) is 11.8 Å². The maximum absolute atomic E-state index is 12.8. The van der Waals surface area contributed by atoms with E-state index in [1.165, 1.54) is 36.5 Å². The lowest BCUT2D eigenvalue weighted by Crippen LogP contribution is -2.17. The Morgan fingerprint density at radius 2 is 1.88 bits per heavy atom. The number of phenolic OH excluding ortho intramolecular Hbond substituents is 1. The first-order valence-corrected chi connectivity index (χ1v) is 10.1. The van der Waals surface area contributed by atoms with E-state index in [0.717, 1.165) is 34.2 Å². The molecule has 0 spiro atoms. The van der Waals surface area contributed by atoms with Crippen molar-refractivity contribution in [1.29, 1.82) is 5.26 Å². The lowest BCUT2D eigenvalue weighted by atomic mass is 10.1. The van der Waals surface area contributed by atoms with E-state index in [-0.39, 0.29) is 16.9 Å². The number of aromatic hydroxyl groups is 1. The van der Waals surface area contributed by atoms with Crippen molar-refractivity contribution in [2.45, 2.75) is 12.7 Å². The van der Waals surface area contributed by atoms with Gasteiger partial charge < -0.3 is 9.67 Å². The molecule has 0 aliphatic rings. The number of hydrogen-bond donors (Lipinski definition) is 2. The maximum atomic E-state index is 12.8. The first-order valence-electron chi connectivity index (χ1n) is 10.1. The molecule has 4 rings (SSSR count). The summed E-state index contributed by atoms with van der Waals surface area (Å²) >= 11 is 0. The highest BCUT2D eigenvalue weighted by Crippen LogP contribution is 2.29. The number of fused-ring (bicyclic) bond motifs is 1. The van der Waals surface area contributed by atoms with Crippen LogP contribution >= 0.6 is 0 Å². The average molecular weight is 462 g/mol. The van der Waals surface area contributed by atoms with Crippen LogP contribution < -0.4 is 5.43 Å². The van der Waals surface area contributed by atoms with E-state index in [4.69, 9.17) is 5.26 Å². The summed E-state index contributed by atoms with van der Waals surface area (Å²) < 4.78 is 40.3. The molecular weight excluding hydrogens is 445 g/mol. The summed E-state index contributed by atoms with van der Waals surface area (Å²) in [5.41, 5.74) is 4.16. The van der Waals surface area contributed by atoms with Crippen LogP contribution in [0.15, 0.2) is 78.0 Å². The Kier molecular flexibility index (Phi) is 6.06. The minimum Gasteiger partial charge on any atom is -0.507 e. The van der Waals surface area contributed by atoms with Gasteiger partial charge in [-0.25, -0.2) is 5.43 Å². The van der Waals surface area contributed by atoms with Crippen molar-refractivity contribution in [2.24, 2.45) is 5.10 Å². The second kappa shape index (κ2) is 9.11. The predicted molar refractivity (Wildman–Crippen MR) is 120 cm³/mol. The first-order chi connectivity index (χ1) is 16.3. The number of halogens is 3. The molecule has 34 heavy (non-hydrogen) atoms. The van der Waals surface area contributed by atoms with E-state index in [9.17, 15) is 23.1 Å². The molecule has 0 radical (unpaired) electrons. The molecule has 1 aromatic heterocycles. The number of benzene rings is 3. The van der Waals surface area contributed by atoms with E-state index < -0.39 is 17.6 Å². The standard InChI is InChI=1S/C25H17F3N4O2/c26-25(27,28)20-7-4-16(5-8-20)15-32-11-10-21-18(2-1-3-22(21)32)14-30-31-24(34)17-6-9-23(33)19(12-17)13-29/h1-12,14,33H,15H2,(H,31,34)/b30-14+. The fourth-order valence-corrected chi connectivity index (χ4v) is 3.49. The lowest BCUT2D eigenvalue weighted by molar-refractivity contribution is -0.137. The molecule has 1 amide bonds. The molecular formula is C25H17F3N4O2. The molecule has 0 fully saturated rings. The van der Waals surface area contributed by atoms with Crippen LogP contribution in [0.3, 0.4) is 0 Å². The number of rotatable bonds is 5. The second-order valence-electron chi connectivity index (χ2n) is 7.46. The highest BCUT2D eigenvalue weighted by Gasteiger charge is 2.29. The van der Waals surface area contributed by atoms with E-state index in [1.807, 2.05) is 35.0 Å². The summed E-state index contributed by atoms with van der Waals surface area (Å²) in [5.74, 6) is -0.755. The highest BCUT2D eigenvalue weighted by molar-refractivity contribution is 6.00. The lowest BCUT2D eigenvalue weighted by Gasteiger charge is -2.09. The van der Waals surface area contributed by atoms with Gasteiger partial charge in [-0.15, -0.1) is 0 Å². The fraction of sp³-hybridized carbons (Fsp3) is 0.0800. The van der Waals surface area contributed by atoms with Gasteiger partial charge in [-0.05, 0) is 48.0 Å². The van der Waals surface area contributed by atoms with Crippen molar-refractivity contribution >= 4 is 23.0 Å². The first kappa shape index (κ1) is 22.6. The minimum absolute atomic E-state index is 0.0178. The maximum Gasteiger partial charge on any atom is 0.416 e. The molecule has 0 bridgehead atoms. The topological polar surface area (TPSA) is 90.4 Å². The molecule has 0 atom stereocenters. The Labute approximate surface area is 192 Å². The van der Waals surface area contributed by atoms with Gasteiger partial charge in [0, 0.05) is 34.8 Å². The normalized spacial score (nSPS) is 11.6. The van der Waals surface area contributed by atoms with Crippen molar-refractivity contribution in [2.75, 3.05) is 0 Å². The van der Waals surface area contributed by atoms with E-state index in [0.29, 0.717) is 6.54 Å². The molecule has 0 aliphatic heterocycles. The summed E-state index contributed by atoms with van der Waals surface area (Å²) in [7, 11) is 0. The molecule has 6 nitrogen and oxygen atoms in total. The number of carbonyl (C=O) groups excluding carboxylic acids is 1. The van der Waals surface area contributed by atoms with Gasteiger partial charge in [0.1, 0.15) is 11.8 Å². The molecule has 4 aromatic rings. The minimum atomic E-state index is -4.37. The summed E-state index contributed by atoms with van der Waals surface area (Å²) in [5, 5.41) is 23.4. The number of aromatic nitrogens is 1. The number of nitrogens with one attached hydrogen (secondary N) is 1. The van der Waals surface area contributed by atoms with Crippen LogP contribution in [-0.4, -0.2) is 21.8 Å². The average Bonchev–Trinajstić information content (AvgIpc) is 3.22. The quantitative estimate of drug-likeness (QED) is 0.321. The Hall–Kier alpha value is -4.58. The highest BCUT2D eigenvalue weighted by atomic mass is 19.4. The number of hydrazone groups is 1. The van der Waals surface area contributed by atoms with Gasteiger partial charge in [0.05, 0.1) is 17.3 Å². The molecule has 0 saturated heterocycles. The fourth-order valence-electron chi connectivity index (χ4n) is 3.49. The number of hydrogen-bond acceptors (Lipinski definition) is 4. The van der Waals surface area contributed by atoms with Gasteiger partial charge in [0.25, 0.3) is 5.91 Å². The summed E-state index contributed by atoms with van der Waals surface area (Å²) in [6.45, 7) is 0.390. The molecule has 0 aliphatic carbocycles. The molecule has 1 heterocycles. The number of nitriles is 1. The second-order valence-corrected chi connectivity index (χ2v) is 7.46.